The molecule has 0 radical (unpaired) electrons. The Balaban J connectivity index is 1.51. The molecule has 1 amide bonds. The molecule has 0 saturated heterocycles. The van der Waals surface area contributed by atoms with E-state index in [1.165, 1.54) is 18.4 Å². The topological polar surface area (TPSA) is 90.4 Å². The third kappa shape index (κ3) is 3.57. The summed E-state index contributed by atoms with van der Waals surface area (Å²) in [4.78, 5) is 17.1. The largest absolute Gasteiger partial charge is 0.492 e. The summed E-state index contributed by atoms with van der Waals surface area (Å²) in [6, 6.07) is 10.9. The number of hydrogen-bond donors (Lipinski definition) is 1. The highest BCUT2D eigenvalue weighted by molar-refractivity contribution is 6.06. The highest BCUT2D eigenvalue weighted by atomic mass is 19.1. The summed E-state index contributed by atoms with van der Waals surface area (Å²) in [6.45, 7) is 2.17. The van der Waals surface area contributed by atoms with Crippen LogP contribution in [-0.4, -0.2) is 29.2 Å². The lowest BCUT2D eigenvalue weighted by atomic mass is 10.1. The predicted molar refractivity (Wildman–Crippen MR) is 98.5 cm³/mol. The Bertz CT molecular complexity index is 1120. The number of benzene rings is 1. The van der Waals surface area contributed by atoms with Crippen LogP contribution in [0.5, 0.6) is 5.75 Å². The molecule has 0 saturated carbocycles. The zero-order valence-electron chi connectivity index (χ0n) is 14.9. The van der Waals surface area contributed by atoms with Gasteiger partial charge in [0.15, 0.2) is 5.76 Å². The molecule has 0 fully saturated rings. The Morgan fingerprint density at radius 3 is 2.93 bits per heavy atom. The summed E-state index contributed by atoms with van der Waals surface area (Å²) in [7, 11) is 0. The minimum Gasteiger partial charge on any atom is -0.492 e. The lowest BCUT2D eigenvalue weighted by Crippen LogP contribution is -2.28. The van der Waals surface area contributed by atoms with Gasteiger partial charge in [0.1, 0.15) is 23.9 Å². The summed E-state index contributed by atoms with van der Waals surface area (Å²) in [5.41, 5.74) is 1.66. The molecule has 0 atom stereocenters. The van der Waals surface area contributed by atoms with E-state index in [0.29, 0.717) is 33.8 Å². The standard InChI is InChI=1S/C20H16FN3O4/c1-12-18-15(11-16(17-6-3-8-27-17)23-20(18)28-24-12)19(25)22-7-9-26-14-5-2-4-13(21)10-14/h2-6,8,10-11H,7,9H2,1H3,(H,22,25). The Kier molecular flexibility index (Phi) is 4.76. The highest BCUT2D eigenvalue weighted by Crippen LogP contribution is 2.27. The first-order valence-corrected chi connectivity index (χ1v) is 8.59. The molecule has 0 aliphatic rings. The molecule has 0 spiro atoms. The molecule has 0 aliphatic carbocycles. The van der Waals surface area contributed by atoms with Gasteiger partial charge in [0.05, 0.1) is 29.5 Å². The molecule has 4 aromatic rings. The number of aromatic nitrogens is 2. The van der Waals surface area contributed by atoms with Crippen molar-refractivity contribution in [3.05, 3.63) is 65.8 Å². The van der Waals surface area contributed by atoms with E-state index in [9.17, 15) is 9.18 Å². The van der Waals surface area contributed by atoms with Gasteiger partial charge in [-0.2, -0.15) is 0 Å². The molecule has 28 heavy (non-hydrogen) atoms. The van der Waals surface area contributed by atoms with Crippen molar-refractivity contribution in [1.82, 2.24) is 15.5 Å². The fourth-order valence-corrected chi connectivity index (χ4v) is 2.81. The number of nitrogens with zero attached hydrogens (tertiary/aromatic N) is 2. The maximum Gasteiger partial charge on any atom is 0.259 e. The van der Waals surface area contributed by atoms with Gasteiger partial charge in [-0.15, -0.1) is 0 Å². The van der Waals surface area contributed by atoms with E-state index >= 15 is 0 Å². The SMILES string of the molecule is Cc1noc2nc(-c3ccco3)cc(C(=O)NCCOc3cccc(F)c3)c12. The van der Waals surface area contributed by atoms with Gasteiger partial charge >= 0.3 is 0 Å². The third-order valence-corrected chi connectivity index (χ3v) is 4.09. The second kappa shape index (κ2) is 7.51. The van der Waals surface area contributed by atoms with Crippen molar-refractivity contribution in [2.24, 2.45) is 0 Å². The number of ether oxygens (including phenoxy) is 1. The maximum atomic E-state index is 13.2. The van der Waals surface area contributed by atoms with Crippen LogP contribution in [0, 0.1) is 12.7 Å². The van der Waals surface area contributed by atoms with Gasteiger partial charge in [0, 0.05) is 6.07 Å². The minimum atomic E-state index is -0.380. The van der Waals surface area contributed by atoms with Gasteiger partial charge in [-0.1, -0.05) is 11.2 Å². The first kappa shape index (κ1) is 17.7. The van der Waals surface area contributed by atoms with Gasteiger partial charge in [-0.25, -0.2) is 9.37 Å². The van der Waals surface area contributed by atoms with Crippen LogP contribution in [-0.2, 0) is 0 Å². The van der Waals surface area contributed by atoms with E-state index in [4.69, 9.17) is 13.7 Å². The van der Waals surface area contributed by atoms with Crippen molar-refractivity contribution in [2.45, 2.75) is 6.92 Å². The number of nitrogens with one attached hydrogen (secondary N) is 1. The Morgan fingerprint density at radius 2 is 2.14 bits per heavy atom. The minimum absolute atomic E-state index is 0.192. The first-order valence-electron chi connectivity index (χ1n) is 8.59. The van der Waals surface area contributed by atoms with Gasteiger partial charge < -0.3 is 19.0 Å². The summed E-state index contributed by atoms with van der Waals surface area (Å²) in [5.74, 6) is 0.207. The predicted octanol–water partition coefficient (Wildman–Crippen LogP) is 3.74. The Hall–Kier alpha value is -3.68. The average molecular weight is 381 g/mol. The molecule has 7 nitrogen and oxygen atoms in total. The van der Waals surface area contributed by atoms with E-state index in [-0.39, 0.29) is 30.6 Å². The van der Waals surface area contributed by atoms with Crippen molar-refractivity contribution >= 4 is 17.0 Å². The zero-order valence-corrected chi connectivity index (χ0v) is 14.9. The van der Waals surface area contributed by atoms with Crippen molar-refractivity contribution < 1.29 is 22.9 Å². The lowest BCUT2D eigenvalue weighted by molar-refractivity contribution is 0.0948. The normalized spacial score (nSPS) is 10.9. The highest BCUT2D eigenvalue weighted by Gasteiger charge is 2.20. The van der Waals surface area contributed by atoms with Gasteiger partial charge in [-0.3, -0.25) is 4.79 Å². The molecule has 0 unspecified atom stereocenters. The number of pyridine rings is 1. The molecule has 1 aromatic carbocycles. The van der Waals surface area contributed by atoms with Crippen LogP contribution in [0.4, 0.5) is 4.39 Å². The van der Waals surface area contributed by atoms with Crippen LogP contribution in [0.3, 0.4) is 0 Å². The summed E-state index contributed by atoms with van der Waals surface area (Å²) < 4.78 is 29.2. The molecule has 3 aromatic heterocycles. The number of rotatable bonds is 6. The molecular weight excluding hydrogens is 365 g/mol. The zero-order chi connectivity index (χ0) is 19.5. The lowest BCUT2D eigenvalue weighted by Gasteiger charge is -2.09. The number of furan rings is 1. The number of fused-ring (bicyclic) bond motifs is 1. The molecule has 142 valence electrons. The monoisotopic (exact) mass is 381 g/mol. The summed E-state index contributed by atoms with van der Waals surface area (Å²) in [5, 5.41) is 7.22. The Morgan fingerprint density at radius 1 is 1.25 bits per heavy atom. The second-order valence-corrected chi connectivity index (χ2v) is 6.04. The van der Waals surface area contributed by atoms with E-state index in [0.717, 1.165) is 0 Å². The van der Waals surface area contributed by atoms with Crippen LogP contribution in [0.1, 0.15) is 16.1 Å². The first-order chi connectivity index (χ1) is 13.6. The van der Waals surface area contributed by atoms with Crippen LogP contribution in [0.15, 0.2) is 57.7 Å². The fourth-order valence-electron chi connectivity index (χ4n) is 2.81. The number of halogens is 1. The average Bonchev–Trinajstić information content (AvgIpc) is 3.35. The van der Waals surface area contributed by atoms with E-state index in [2.05, 4.69) is 15.5 Å². The molecule has 4 rings (SSSR count). The molecular formula is C20H16FN3O4. The fraction of sp³-hybridized carbons (Fsp3) is 0.150. The molecule has 0 bridgehead atoms. The molecule has 3 heterocycles. The number of amides is 1. The van der Waals surface area contributed by atoms with Crippen molar-refractivity contribution in [2.75, 3.05) is 13.2 Å². The van der Waals surface area contributed by atoms with E-state index < -0.39 is 0 Å². The van der Waals surface area contributed by atoms with Crippen LogP contribution < -0.4 is 10.1 Å². The number of carbonyl (C=O) groups is 1. The maximum absolute atomic E-state index is 13.2. The summed E-state index contributed by atoms with van der Waals surface area (Å²) in [6.07, 6.45) is 1.52. The smallest absolute Gasteiger partial charge is 0.259 e. The van der Waals surface area contributed by atoms with Crippen LogP contribution >= 0.6 is 0 Å². The van der Waals surface area contributed by atoms with E-state index in [1.54, 1.807) is 37.3 Å². The molecule has 8 heteroatoms. The van der Waals surface area contributed by atoms with Crippen molar-refractivity contribution in [3.63, 3.8) is 0 Å². The van der Waals surface area contributed by atoms with E-state index in [1.807, 2.05) is 0 Å². The van der Waals surface area contributed by atoms with Gasteiger partial charge in [0.25, 0.3) is 11.6 Å². The third-order valence-electron chi connectivity index (χ3n) is 4.09. The van der Waals surface area contributed by atoms with Gasteiger partial charge in [0.2, 0.25) is 0 Å². The quantitative estimate of drug-likeness (QED) is 0.512. The van der Waals surface area contributed by atoms with Gasteiger partial charge in [-0.05, 0) is 37.3 Å². The molecule has 0 aliphatic heterocycles. The van der Waals surface area contributed by atoms with Crippen molar-refractivity contribution in [3.8, 4) is 17.2 Å². The molecule has 1 N–H and O–H groups in total. The number of carbonyl (C=O) groups excluding carboxylic acids is 1. The van der Waals surface area contributed by atoms with Crippen molar-refractivity contribution in [1.29, 1.82) is 0 Å². The Labute approximate surface area is 159 Å². The van der Waals surface area contributed by atoms with Crippen LogP contribution in [0.2, 0.25) is 0 Å². The number of hydrogen-bond acceptors (Lipinski definition) is 6. The summed E-state index contributed by atoms with van der Waals surface area (Å²) >= 11 is 0. The second-order valence-electron chi connectivity index (χ2n) is 6.04. The number of aryl methyl sites for hydroxylation is 1. The van der Waals surface area contributed by atoms with Crippen LogP contribution in [0.25, 0.3) is 22.6 Å².